The molecule has 0 radical (unpaired) electrons. The van der Waals surface area contributed by atoms with Crippen molar-refractivity contribution in [1.82, 2.24) is 9.97 Å². The fraction of sp³-hybridized carbons (Fsp3) is 0.368. The zero-order chi connectivity index (χ0) is 20.6. The number of nitrogens with two attached hydrogens (primary N) is 1. The molecule has 0 saturated heterocycles. The fourth-order valence-corrected chi connectivity index (χ4v) is 3.32. The molecule has 0 saturated carbocycles. The highest BCUT2D eigenvalue weighted by Gasteiger charge is 2.12. The average molecular weight is 393 g/mol. The summed E-state index contributed by atoms with van der Waals surface area (Å²) in [5, 5.41) is 11.5. The number of aromatic nitrogens is 2. The molecule has 2 rings (SSSR count). The van der Waals surface area contributed by atoms with Crippen LogP contribution >= 0.6 is 0 Å². The van der Waals surface area contributed by atoms with Gasteiger partial charge in [-0.15, -0.1) is 0 Å². The Labute approximate surface area is 161 Å². The molecule has 27 heavy (non-hydrogen) atoms. The zero-order valence-electron chi connectivity index (χ0n) is 16.3. The zero-order valence-corrected chi connectivity index (χ0v) is 17.1. The average Bonchev–Trinajstić information content (AvgIpc) is 2.59. The molecule has 0 aliphatic rings. The van der Waals surface area contributed by atoms with Gasteiger partial charge in [-0.25, -0.2) is 18.4 Å². The second-order valence-corrected chi connectivity index (χ2v) is 8.23. The Kier molecular flexibility index (Phi) is 8.39. The Bertz CT molecular complexity index is 896. The molecule has 7 nitrogen and oxygen atoms in total. The molecule has 1 aromatic heterocycles. The number of sulfone groups is 1. The van der Waals surface area contributed by atoms with Gasteiger partial charge in [-0.2, -0.15) is 0 Å². The lowest BCUT2D eigenvalue weighted by Crippen LogP contribution is -2.07. The van der Waals surface area contributed by atoms with Crippen molar-refractivity contribution in [3.8, 4) is 0 Å². The third kappa shape index (κ3) is 7.36. The third-order valence-corrected chi connectivity index (χ3v) is 4.74. The number of aliphatic hydroxyl groups excluding tert-OH is 1. The van der Waals surface area contributed by atoms with Crippen LogP contribution in [0.15, 0.2) is 41.6 Å². The molecule has 0 aliphatic heterocycles. The number of anilines is 2. The minimum Gasteiger partial charge on any atom is -0.394 e. The van der Waals surface area contributed by atoms with Crippen molar-refractivity contribution >= 4 is 21.3 Å². The second-order valence-electron chi connectivity index (χ2n) is 6.24. The van der Waals surface area contributed by atoms with Crippen LogP contribution in [0.3, 0.4) is 0 Å². The van der Waals surface area contributed by atoms with Crippen molar-refractivity contribution in [2.45, 2.75) is 38.5 Å². The lowest BCUT2D eigenvalue weighted by atomic mass is 10.1. The van der Waals surface area contributed by atoms with E-state index >= 15 is 0 Å². The van der Waals surface area contributed by atoms with Crippen LogP contribution in [0.2, 0.25) is 0 Å². The van der Waals surface area contributed by atoms with E-state index in [0.717, 1.165) is 24.0 Å². The summed E-state index contributed by atoms with van der Waals surface area (Å²) in [6.45, 7) is 9.12. The summed E-state index contributed by atoms with van der Waals surface area (Å²) in [6.07, 6.45) is 4.56. The second kappa shape index (κ2) is 10.0. The van der Waals surface area contributed by atoms with E-state index in [4.69, 9.17) is 10.8 Å². The van der Waals surface area contributed by atoms with Gasteiger partial charge in [0.1, 0.15) is 5.82 Å². The SMILES string of the molecule is C=C(CO)Nc1nc(C)ncc1N.CCCc1ccc(C)cc1S(C)(=O)=O. The Hall–Kier alpha value is -2.45. The molecule has 0 atom stereocenters. The summed E-state index contributed by atoms with van der Waals surface area (Å²) < 4.78 is 23.0. The van der Waals surface area contributed by atoms with E-state index in [2.05, 4.69) is 21.9 Å². The van der Waals surface area contributed by atoms with Gasteiger partial charge in [-0.05, 0) is 37.5 Å². The molecule has 2 aromatic rings. The summed E-state index contributed by atoms with van der Waals surface area (Å²) in [4.78, 5) is 8.43. The van der Waals surface area contributed by atoms with Crippen molar-refractivity contribution in [2.75, 3.05) is 23.9 Å². The van der Waals surface area contributed by atoms with Crippen LogP contribution in [0.1, 0.15) is 30.3 Å². The number of rotatable bonds is 6. The van der Waals surface area contributed by atoms with Gasteiger partial charge in [0.15, 0.2) is 15.7 Å². The summed E-state index contributed by atoms with van der Waals surface area (Å²) in [6, 6.07) is 5.62. The summed E-state index contributed by atoms with van der Waals surface area (Å²) in [5.74, 6) is 1.09. The number of aliphatic hydroxyl groups is 1. The van der Waals surface area contributed by atoms with Crippen LogP contribution in [0.5, 0.6) is 0 Å². The largest absolute Gasteiger partial charge is 0.394 e. The molecule has 0 aliphatic carbocycles. The number of nitrogens with zero attached hydrogens (tertiary/aromatic N) is 2. The number of hydrogen-bond acceptors (Lipinski definition) is 7. The standard InChI is InChI=1S/C11H16O2S.C8H12N4O/c1-4-5-10-7-6-9(2)8-11(10)14(3,12)13;1-5(4-13)11-8-7(9)3-10-6(2)12-8/h6-8H,4-5H2,1-3H3;3,13H,1,4,9H2,2H3,(H,10,11,12). The maximum atomic E-state index is 11.5. The topological polar surface area (TPSA) is 118 Å². The molecular formula is C19H28N4O3S. The quantitative estimate of drug-likeness (QED) is 0.691. The molecule has 0 amide bonds. The van der Waals surface area contributed by atoms with E-state index in [1.54, 1.807) is 13.0 Å². The molecule has 1 aromatic carbocycles. The molecular weight excluding hydrogens is 364 g/mol. The fourth-order valence-electron chi connectivity index (χ4n) is 2.27. The summed E-state index contributed by atoms with van der Waals surface area (Å²) >= 11 is 0. The highest BCUT2D eigenvalue weighted by molar-refractivity contribution is 7.90. The normalized spacial score (nSPS) is 10.7. The molecule has 1 heterocycles. The van der Waals surface area contributed by atoms with Gasteiger partial charge >= 0.3 is 0 Å². The minimum absolute atomic E-state index is 0.150. The first-order chi connectivity index (χ1) is 12.6. The lowest BCUT2D eigenvalue weighted by molar-refractivity contribution is 0.333. The maximum Gasteiger partial charge on any atom is 0.175 e. The predicted octanol–water partition coefficient (Wildman–Crippen LogP) is 2.64. The predicted molar refractivity (Wildman–Crippen MR) is 109 cm³/mol. The van der Waals surface area contributed by atoms with Crippen LogP contribution in [-0.4, -0.2) is 36.4 Å². The Balaban J connectivity index is 0.000000271. The van der Waals surface area contributed by atoms with Crippen LogP contribution in [0.4, 0.5) is 11.5 Å². The van der Waals surface area contributed by atoms with Crippen molar-refractivity contribution < 1.29 is 13.5 Å². The van der Waals surface area contributed by atoms with Crippen molar-refractivity contribution in [3.05, 3.63) is 53.6 Å². The number of nitrogens with one attached hydrogen (secondary N) is 1. The summed E-state index contributed by atoms with van der Waals surface area (Å²) in [7, 11) is -3.08. The van der Waals surface area contributed by atoms with Crippen molar-refractivity contribution in [2.24, 2.45) is 0 Å². The molecule has 0 fully saturated rings. The Morgan fingerprint density at radius 1 is 1.33 bits per heavy atom. The third-order valence-electron chi connectivity index (χ3n) is 3.57. The first-order valence-electron chi connectivity index (χ1n) is 8.52. The number of nitrogen functional groups attached to an aromatic ring is 1. The minimum atomic E-state index is -3.08. The Morgan fingerprint density at radius 2 is 2.00 bits per heavy atom. The molecule has 0 bridgehead atoms. The number of benzene rings is 1. The summed E-state index contributed by atoms with van der Waals surface area (Å²) in [5.41, 5.74) is 8.38. The van der Waals surface area contributed by atoms with E-state index in [0.29, 0.717) is 27.9 Å². The van der Waals surface area contributed by atoms with Crippen molar-refractivity contribution in [3.63, 3.8) is 0 Å². The monoisotopic (exact) mass is 392 g/mol. The van der Waals surface area contributed by atoms with Gasteiger partial charge < -0.3 is 16.2 Å². The van der Waals surface area contributed by atoms with E-state index in [-0.39, 0.29) is 6.61 Å². The van der Waals surface area contributed by atoms with Gasteiger partial charge in [0.25, 0.3) is 0 Å². The first kappa shape index (κ1) is 22.6. The van der Waals surface area contributed by atoms with Crippen LogP contribution in [-0.2, 0) is 16.3 Å². The smallest absolute Gasteiger partial charge is 0.175 e. The van der Waals surface area contributed by atoms with E-state index in [1.807, 2.05) is 26.0 Å². The molecule has 4 N–H and O–H groups in total. The van der Waals surface area contributed by atoms with E-state index < -0.39 is 9.84 Å². The lowest BCUT2D eigenvalue weighted by Gasteiger charge is -2.08. The molecule has 8 heteroatoms. The highest BCUT2D eigenvalue weighted by Crippen LogP contribution is 2.19. The van der Waals surface area contributed by atoms with Gasteiger partial charge in [0.05, 0.1) is 23.4 Å². The highest BCUT2D eigenvalue weighted by atomic mass is 32.2. The molecule has 0 spiro atoms. The van der Waals surface area contributed by atoms with Crippen LogP contribution in [0.25, 0.3) is 0 Å². The first-order valence-corrected chi connectivity index (χ1v) is 10.4. The van der Waals surface area contributed by atoms with Gasteiger partial charge in [-0.1, -0.05) is 32.1 Å². The Morgan fingerprint density at radius 3 is 2.56 bits per heavy atom. The van der Waals surface area contributed by atoms with Gasteiger partial charge in [0.2, 0.25) is 0 Å². The maximum absolute atomic E-state index is 11.5. The number of aryl methyl sites for hydroxylation is 3. The van der Waals surface area contributed by atoms with Gasteiger partial charge in [0, 0.05) is 12.0 Å². The van der Waals surface area contributed by atoms with Crippen molar-refractivity contribution in [1.29, 1.82) is 0 Å². The van der Waals surface area contributed by atoms with E-state index in [9.17, 15) is 8.42 Å². The van der Waals surface area contributed by atoms with E-state index in [1.165, 1.54) is 12.5 Å². The molecule has 148 valence electrons. The number of hydrogen-bond donors (Lipinski definition) is 3. The van der Waals surface area contributed by atoms with Crippen LogP contribution in [0, 0.1) is 13.8 Å². The molecule has 0 unspecified atom stereocenters. The van der Waals surface area contributed by atoms with Crippen LogP contribution < -0.4 is 11.1 Å². The van der Waals surface area contributed by atoms with Gasteiger partial charge in [-0.3, -0.25) is 0 Å².